The standard InChI is InChI=1S/C22H25N5O/c1-15-12-16(18-9-10-24-27-11-5-6-19(18)27)7-8-17(15)13-23-14-20-25-21(26-28-20)22(2,3)4/h5-12,23H,13-14H2,1-4H3. The number of aromatic nitrogens is 4. The molecule has 0 atom stereocenters. The minimum absolute atomic E-state index is 0.105. The van der Waals surface area contributed by atoms with Crippen LogP contribution in [0.25, 0.3) is 16.6 Å². The van der Waals surface area contributed by atoms with Gasteiger partial charge >= 0.3 is 0 Å². The number of nitrogens with one attached hydrogen (secondary N) is 1. The first-order valence-corrected chi connectivity index (χ1v) is 9.48. The summed E-state index contributed by atoms with van der Waals surface area (Å²) in [7, 11) is 0. The van der Waals surface area contributed by atoms with Crippen LogP contribution < -0.4 is 5.32 Å². The number of rotatable bonds is 5. The zero-order valence-corrected chi connectivity index (χ0v) is 16.7. The first-order chi connectivity index (χ1) is 13.4. The van der Waals surface area contributed by atoms with Crippen LogP contribution in [0.3, 0.4) is 0 Å². The van der Waals surface area contributed by atoms with Crippen molar-refractivity contribution in [1.29, 1.82) is 0 Å². The number of benzene rings is 1. The molecular weight excluding hydrogens is 350 g/mol. The molecule has 0 aliphatic heterocycles. The highest BCUT2D eigenvalue weighted by Crippen LogP contribution is 2.26. The summed E-state index contributed by atoms with van der Waals surface area (Å²) < 4.78 is 7.24. The van der Waals surface area contributed by atoms with Crippen LogP contribution in [0.15, 0.2) is 53.3 Å². The molecule has 0 saturated heterocycles. The summed E-state index contributed by atoms with van der Waals surface area (Å²) in [6, 6.07) is 12.7. The number of aryl methyl sites for hydroxylation is 1. The SMILES string of the molecule is Cc1cc(-c2ccnn3cccc23)ccc1CNCc1nc(C(C)(C)C)no1. The van der Waals surface area contributed by atoms with E-state index in [0.29, 0.717) is 12.4 Å². The second-order valence-corrected chi connectivity index (χ2v) is 8.09. The lowest BCUT2D eigenvalue weighted by Crippen LogP contribution is -2.15. The van der Waals surface area contributed by atoms with Gasteiger partial charge in [-0.1, -0.05) is 44.1 Å². The van der Waals surface area contributed by atoms with Gasteiger partial charge in [-0.05, 0) is 41.8 Å². The van der Waals surface area contributed by atoms with Crippen LogP contribution in [0.4, 0.5) is 0 Å². The molecular formula is C22H25N5O. The Morgan fingerprint density at radius 3 is 2.71 bits per heavy atom. The van der Waals surface area contributed by atoms with Gasteiger partial charge in [0.2, 0.25) is 5.89 Å². The van der Waals surface area contributed by atoms with Crippen molar-refractivity contribution in [3.05, 3.63) is 71.6 Å². The number of hydrogen-bond acceptors (Lipinski definition) is 5. The molecule has 4 rings (SSSR count). The Labute approximate surface area is 164 Å². The molecule has 28 heavy (non-hydrogen) atoms. The average Bonchev–Trinajstić information content (AvgIpc) is 3.31. The molecule has 1 N–H and O–H groups in total. The first-order valence-electron chi connectivity index (χ1n) is 9.48. The number of hydrogen-bond donors (Lipinski definition) is 1. The zero-order chi connectivity index (χ0) is 19.7. The summed E-state index contributed by atoms with van der Waals surface area (Å²) in [5, 5.41) is 11.8. The molecule has 0 fully saturated rings. The lowest BCUT2D eigenvalue weighted by molar-refractivity contribution is 0.354. The van der Waals surface area contributed by atoms with Gasteiger partial charge in [-0.25, -0.2) is 4.52 Å². The van der Waals surface area contributed by atoms with E-state index < -0.39 is 0 Å². The molecule has 1 aromatic carbocycles. The average molecular weight is 375 g/mol. The molecule has 0 bridgehead atoms. The molecule has 0 aliphatic carbocycles. The van der Waals surface area contributed by atoms with Gasteiger partial charge in [0.15, 0.2) is 5.82 Å². The fourth-order valence-electron chi connectivity index (χ4n) is 3.19. The van der Waals surface area contributed by atoms with E-state index in [1.165, 1.54) is 22.3 Å². The molecule has 0 spiro atoms. The van der Waals surface area contributed by atoms with E-state index >= 15 is 0 Å². The van der Waals surface area contributed by atoms with Crippen molar-refractivity contribution < 1.29 is 4.52 Å². The highest BCUT2D eigenvalue weighted by Gasteiger charge is 2.20. The van der Waals surface area contributed by atoms with Gasteiger partial charge < -0.3 is 9.84 Å². The lowest BCUT2D eigenvalue weighted by atomic mass is 9.96. The monoisotopic (exact) mass is 375 g/mol. The van der Waals surface area contributed by atoms with E-state index in [4.69, 9.17) is 4.52 Å². The van der Waals surface area contributed by atoms with Crippen molar-refractivity contribution in [2.24, 2.45) is 0 Å². The van der Waals surface area contributed by atoms with E-state index in [9.17, 15) is 0 Å². The maximum absolute atomic E-state index is 5.34. The Hall–Kier alpha value is -2.99. The molecule has 0 unspecified atom stereocenters. The molecule has 4 aromatic rings. The summed E-state index contributed by atoms with van der Waals surface area (Å²) in [6.07, 6.45) is 3.80. The van der Waals surface area contributed by atoms with Gasteiger partial charge in [-0.2, -0.15) is 10.1 Å². The molecule has 6 heteroatoms. The van der Waals surface area contributed by atoms with Crippen molar-refractivity contribution in [2.45, 2.75) is 46.2 Å². The zero-order valence-electron chi connectivity index (χ0n) is 16.7. The predicted octanol–water partition coefficient (Wildman–Crippen LogP) is 4.28. The highest BCUT2D eigenvalue weighted by atomic mass is 16.5. The summed E-state index contributed by atoms with van der Waals surface area (Å²) >= 11 is 0. The van der Waals surface area contributed by atoms with Crippen LogP contribution in [0.2, 0.25) is 0 Å². The van der Waals surface area contributed by atoms with Crippen molar-refractivity contribution >= 4 is 5.52 Å². The van der Waals surface area contributed by atoms with Crippen molar-refractivity contribution in [2.75, 3.05) is 0 Å². The van der Waals surface area contributed by atoms with Crippen LogP contribution in [-0.4, -0.2) is 19.8 Å². The predicted molar refractivity (Wildman–Crippen MR) is 109 cm³/mol. The largest absolute Gasteiger partial charge is 0.338 e. The first kappa shape index (κ1) is 18.4. The van der Waals surface area contributed by atoms with E-state index in [2.05, 4.69) is 78.6 Å². The highest BCUT2D eigenvalue weighted by molar-refractivity contribution is 5.80. The van der Waals surface area contributed by atoms with Crippen molar-refractivity contribution in [1.82, 2.24) is 25.1 Å². The van der Waals surface area contributed by atoms with Gasteiger partial charge in [0.25, 0.3) is 0 Å². The molecule has 6 nitrogen and oxygen atoms in total. The summed E-state index contributed by atoms with van der Waals surface area (Å²) in [5.41, 5.74) is 5.88. The van der Waals surface area contributed by atoms with Gasteiger partial charge in [0.1, 0.15) is 0 Å². The summed E-state index contributed by atoms with van der Waals surface area (Å²) in [5.74, 6) is 1.35. The topological polar surface area (TPSA) is 68.2 Å². The second-order valence-electron chi connectivity index (χ2n) is 8.09. The third-order valence-corrected chi connectivity index (χ3v) is 4.82. The molecule has 3 aromatic heterocycles. The Kier molecular flexibility index (Phi) is 4.73. The van der Waals surface area contributed by atoms with Crippen molar-refractivity contribution in [3.8, 4) is 11.1 Å². The van der Waals surface area contributed by atoms with Gasteiger partial charge in [-0.15, -0.1) is 0 Å². The maximum Gasteiger partial charge on any atom is 0.240 e. The molecule has 0 radical (unpaired) electrons. The molecule has 0 saturated carbocycles. The van der Waals surface area contributed by atoms with Crippen LogP contribution in [0.1, 0.15) is 43.6 Å². The molecule has 144 valence electrons. The fraction of sp³-hybridized carbons (Fsp3) is 0.318. The fourth-order valence-corrected chi connectivity index (χ4v) is 3.19. The summed E-state index contributed by atoms with van der Waals surface area (Å²) in [6.45, 7) is 9.66. The van der Waals surface area contributed by atoms with E-state index in [-0.39, 0.29) is 5.41 Å². The minimum atomic E-state index is -0.105. The van der Waals surface area contributed by atoms with Crippen LogP contribution in [0, 0.1) is 6.92 Å². The Morgan fingerprint density at radius 1 is 1.11 bits per heavy atom. The van der Waals surface area contributed by atoms with E-state index in [1.54, 1.807) is 0 Å². The molecule has 0 aliphatic rings. The minimum Gasteiger partial charge on any atom is -0.338 e. The quantitative estimate of drug-likeness (QED) is 0.564. The Morgan fingerprint density at radius 2 is 1.96 bits per heavy atom. The number of fused-ring (bicyclic) bond motifs is 1. The van der Waals surface area contributed by atoms with Crippen LogP contribution >= 0.6 is 0 Å². The van der Waals surface area contributed by atoms with Gasteiger partial charge in [0, 0.05) is 29.9 Å². The molecule has 0 amide bonds. The maximum atomic E-state index is 5.34. The van der Waals surface area contributed by atoms with Crippen molar-refractivity contribution in [3.63, 3.8) is 0 Å². The smallest absolute Gasteiger partial charge is 0.240 e. The van der Waals surface area contributed by atoms with Gasteiger partial charge in [0.05, 0.1) is 12.1 Å². The van der Waals surface area contributed by atoms with Crippen LogP contribution in [0.5, 0.6) is 0 Å². The molecule has 3 heterocycles. The third-order valence-electron chi connectivity index (χ3n) is 4.82. The van der Waals surface area contributed by atoms with E-state index in [0.717, 1.165) is 17.9 Å². The summed E-state index contributed by atoms with van der Waals surface area (Å²) in [4.78, 5) is 4.46. The normalized spacial score (nSPS) is 12.0. The van der Waals surface area contributed by atoms with Gasteiger partial charge in [-0.3, -0.25) is 0 Å². The Bertz CT molecular complexity index is 1100. The second kappa shape index (κ2) is 7.20. The lowest BCUT2D eigenvalue weighted by Gasteiger charge is -2.11. The third kappa shape index (κ3) is 3.68. The number of nitrogens with zero attached hydrogens (tertiary/aromatic N) is 4. The Balaban J connectivity index is 1.45. The van der Waals surface area contributed by atoms with E-state index in [1.807, 2.05) is 23.0 Å². The van der Waals surface area contributed by atoms with Crippen LogP contribution in [-0.2, 0) is 18.5 Å².